The van der Waals surface area contributed by atoms with E-state index < -0.39 is 11.5 Å². The molecule has 0 aromatic carbocycles. The standard InChI is InChI=1S/C13H21N5O3/c1-9(11-17-14-8-18(11)2)15-12(21)16-13(7-10(19)20)5-3-4-6-13/h8-9H,3-7H2,1-2H3,(H,19,20)(H2,15,16,21). The Morgan fingerprint density at radius 3 is 2.67 bits per heavy atom. The second kappa shape index (κ2) is 6.11. The number of aromatic nitrogens is 3. The number of hydrogen-bond acceptors (Lipinski definition) is 4. The average molecular weight is 295 g/mol. The Kier molecular flexibility index (Phi) is 4.44. The van der Waals surface area contributed by atoms with Crippen LogP contribution in [0, 0.1) is 0 Å². The summed E-state index contributed by atoms with van der Waals surface area (Å²) in [6, 6.07) is -0.672. The van der Waals surface area contributed by atoms with Crippen LogP contribution in [-0.4, -0.2) is 37.4 Å². The third-order valence-corrected chi connectivity index (χ3v) is 3.91. The van der Waals surface area contributed by atoms with E-state index in [9.17, 15) is 9.59 Å². The summed E-state index contributed by atoms with van der Waals surface area (Å²) in [6.07, 6.45) is 4.79. The molecule has 1 aromatic rings. The monoisotopic (exact) mass is 295 g/mol. The molecule has 21 heavy (non-hydrogen) atoms. The van der Waals surface area contributed by atoms with Gasteiger partial charge in [-0.05, 0) is 19.8 Å². The first-order valence-electron chi connectivity index (χ1n) is 7.06. The van der Waals surface area contributed by atoms with Gasteiger partial charge in [0, 0.05) is 7.05 Å². The number of carboxylic acids is 1. The fourth-order valence-corrected chi connectivity index (χ4v) is 2.91. The third-order valence-electron chi connectivity index (χ3n) is 3.91. The Labute approximate surface area is 122 Å². The molecule has 8 heteroatoms. The van der Waals surface area contributed by atoms with Gasteiger partial charge in [-0.25, -0.2) is 4.79 Å². The minimum absolute atomic E-state index is 0.0429. The predicted octanol–water partition coefficient (Wildman–Crippen LogP) is 0.963. The molecule has 2 amide bonds. The highest BCUT2D eigenvalue weighted by molar-refractivity contribution is 5.77. The molecule has 1 saturated carbocycles. The van der Waals surface area contributed by atoms with E-state index >= 15 is 0 Å². The lowest BCUT2D eigenvalue weighted by atomic mass is 9.93. The van der Waals surface area contributed by atoms with Crippen LogP contribution in [0.5, 0.6) is 0 Å². The van der Waals surface area contributed by atoms with Crippen molar-refractivity contribution in [1.82, 2.24) is 25.4 Å². The van der Waals surface area contributed by atoms with Gasteiger partial charge >= 0.3 is 12.0 Å². The van der Waals surface area contributed by atoms with Crippen LogP contribution < -0.4 is 10.6 Å². The van der Waals surface area contributed by atoms with Crippen LogP contribution in [0.2, 0.25) is 0 Å². The predicted molar refractivity (Wildman–Crippen MR) is 74.5 cm³/mol. The van der Waals surface area contributed by atoms with Gasteiger partial charge in [-0.15, -0.1) is 10.2 Å². The zero-order valence-corrected chi connectivity index (χ0v) is 12.3. The number of aliphatic carboxylic acids is 1. The van der Waals surface area contributed by atoms with Crippen LogP contribution in [0.15, 0.2) is 6.33 Å². The van der Waals surface area contributed by atoms with Crippen molar-refractivity contribution >= 4 is 12.0 Å². The minimum Gasteiger partial charge on any atom is -0.481 e. The number of carboxylic acid groups (broad SMARTS) is 1. The Bertz CT molecular complexity index is 522. The van der Waals surface area contributed by atoms with E-state index in [0.717, 1.165) is 12.8 Å². The summed E-state index contributed by atoms with van der Waals surface area (Å²) < 4.78 is 1.73. The molecule has 0 aliphatic heterocycles. The lowest BCUT2D eigenvalue weighted by Crippen LogP contribution is -2.52. The zero-order valence-electron chi connectivity index (χ0n) is 12.3. The lowest BCUT2D eigenvalue weighted by Gasteiger charge is -2.29. The number of hydrogen-bond donors (Lipinski definition) is 3. The van der Waals surface area contributed by atoms with E-state index in [4.69, 9.17) is 5.11 Å². The number of carbonyl (C=O) groups excluding carboxylic acids is 1. The molecule has 0 saturated heterocycles. The van der Waals surface area contributed by atoms with Gasteiger partial charge in [0.05, 0.1) is 18.0 Å². The van der Waals surface area contributed by atoms with Crippen LogP contribution in [0.25, 0.3) is 0 Å². The molecule has 0 radical (unpaired) electrons. The number of nitrogens with one attached hydrogen (secondary N) is 2. The Morgan fingerprint density at radius 2 is 2.14 bits per heavy atom. The van der Waals surface area contributed by atoms with E-state index in [-0.39, 0.29) is 18.5 Å². The van der Waals surface area contributed by atoms with Crippen molar-refractivity contribution < 1.29 is 14.7 Å². The maximum absolute atomic E-state index is 12.1. The number of rotatable bonds is 5. The van der Waals surface area contributed by atoms with E-state index in [2.05, 4.69) is 20.8 Å². The molecular weight excluding hydrogens is 274 g/mol. The molecule has 116 valence electrons. The van der Waals surface area contributed by atoms with E-state index in [0.29, 0.717) is 18.7 Å². The highest BCUT2D eigenvalue weighted by atomic mass is 16.4. The van der Waals surface area contributed by atoms with Crippen LogP contribution in [-0.2, 0) is 11.8 Å². The molecule has 1 unspecified atom stereocenters. The second-order valence-electron chi connectivity index (χ2n) is 5.68. The minimum atomic E-state index is -0.890. The van der Waals surface area contributed by atoms with E-state index in [1.54, 1.807) is 17.9 Å². The quantitative estimate of drug-likeness (QED) is 0.749. The van der Waals surface area contributed by atoms with Crippen LogP contribution >= 0.6 is 0 Å². The largest absolute Gasteiger partial charge is 0.481 e. The van der Waals surface area contributed by atoms with Gasteiger partial charge in [0.2, 0.25) is 0 Å². The summed E-state index contributed by atoms with van der Waals surface area (Å²) >= 11 is 0. The first-order valence-corrected chi connectivity index (χ1v) is 7.06. The highest BCUT2D eigenvalue weighted by Crippen LogP contribution is 2.32. The van der Waals surface area contributed by atoms with Gasteiger partial charge in [0.15, 0.2) is 5.82 Å². The third kappa shape index (κ3) is 3.71. The van der Waals surface area contributed by atoms with Crippen molar-refractivity contribution in [2.24, 2.45) is 7.05 Å². The maximum atomic E-state index is 12.1. The molecule has 1 aliphatic rings. The van der Waals surface area contributed by atoms with E-state index in [1.807, 2.05) is 6.92 Å². The molecule has 1 aromatic heterocycles. The normalized spacial score (nSPS) is 18.2. The number of urea groups is 1. The topological polar surface area (TPSA) is 109 Å². The van der Waals surface area contributed by atoms with Crippen molar-refractivity contribution in [3.05, 3.63) is 12.2 Å². The average Bonchev–Trinajstić information content (AvgIpc) is 2.97. The molecule has 3 N–H and O–H groups in total. The smallest absolute Gasteiger partial charge is 0.315 e. The fraction of sp³-hybridized carbons (Fsp3) is 0.692. The van der Waals surface area contributed by atoms with Crippen molar-refractivity contribution in [2.75, 3.05) is 0 Å². The second-order valence-corrected chi connectivity index (χ2v) is 5.68. The summed E-state index contributed by atoms with van der Waals surface area (Å²) in [7, 11) is 1.80. The van der Waals surface area contributed by atoms with Crippen molar-refractivity contribution in [1.29, 1.82) is 0 Å². The zero-order chi connectivity index (χ0) is 15.5. The van der Waals surface area contributed by atoms with Crippen molar-refractivity contribution in [3.63, 3.8) is 0 Å². The van der Waals surface area contributed by atoms with Gasteiger partial charge in [0.25, 0.3) is 0 Å². The molecular formula is C13H21N5O3. The molecule has 1 heterocycles. The molecule has 0 bridgehead atoms. The molecule has 0 spiro atoms. The van der Waals surface area contributed by atoms with E-state index in [1.165, 1.54) is 0 Å². The van der Waals surface area contributed by atoms with Crippen LogP contribution in [0.3, 0.4) is 0 Å². The van der Waals surface area contributed by atoms with Crippen molar-refractivity contribution in [2.45, 2.75) is 50.6 Å². The Hall–Kier alpha value is -2.12. The van der Waals surface area contributed by atoms with Gasteiger partial charge < -0.3 is 20.3 Å². The Balaban J connectivity index is 1.97. The van der Waals surface area contributed by atoms with Gasteiger partial charge in [0.1, 0.15) is 6.33 Å². The maximum Gasteiger partial charge on any atom is 0.315 e. The van der Waals surface area contributed by atoms with Gasteiger partial charge in [-0.3, -0.25) is 4.79 Å². The van der Waals surface area contributed by atoms with Crippen molar-refractivity contribution in [3.8, 4) is 0 Å². The number of carbonyl (C=O) groups is 2. The Morgan fingerprint density at radius 1 is 1.48 bits per heavy atom. The first kappa shape index (κ1) is 15.3. The summed E-state index contributed by atoms with van der Waals surface area (Å²) in [5, 5.41) is 22.4. The highest BCUT2D eigenvalue weighted by Gasteiger charge is 2.37. The summed E-state index contributed by atoms with van der Waals surface area (Å²) in [4.78, 5) is 23.1. The molecule has 1 atom stereocenters. The molecule has 8 nitrogen and oxygen atoms in total. The first-order chi connectivity index (χ1) is 9.92. The molecule has 2 rings (SSSR count). The van der Waals surface area contributed by atoms with Crippen LogP contribution in [0.1, 0.15) is 50.9 Å². The number of aryl methyl sites for hydroxylation is 1. The number of amides is 2. The fourth-order valence-electron chi connectivity index (χ4n) is 2.91. The number of nitrogens with zero attached hydrogens (tertiary/aromatic N) is 3. The summed E-state index contributed by atoms with van der Waals surface area (Å²) in [5.74, 6) is -0.248. The lowest BCUT2D eigenvalue weighted by molar-refractivity contribution is -0.138. The van der Waals surface area contributed by atoms with Gasteiger partial charge in [-0.1, -0.05) is 12.8 Å². The summed E-state index contributed by atoms with van der Waals surface area (Å²) in [5.41, 5.74) is -0.629. The molecule has 1 aliphatic carbocycles. The SMILES string of the molecule is CC(NC(=O)NC1(CC(=O)O)CCCC1)c1nncn1C. The van der Waals surface area contributed by atoms with Crippen LogP contribution in [0.4, 0.5) is 4.79 Å². The molecule has 1 fully saturated rings. The van der Waals surface area contributed by atoms with Gasteiger partial charge in [-0.2, -0.15) is 0 Å². The summed E-state index contributed by atoms with van der Waals surface area (Å²) in [6.45, 7) is 1.81.